The van der Waals surface area contributed by atoms with Gasteiger partial charge in [-0.1, -0.05) is 19.8 Å². The fraction of sp³-hybridized carbons (Fsp3) is 1.00. The predicted molar refractivity (Wildman–Crippen MR) is 60.3 cm³/mol. The summed E-state index contributed by atoms with van der Waals surface area (Å²) in [6, 6.07) is 0.880. The molecule has 1 unspecified atom stereocenters. The molecule has 0 amide bonds. The average molecular weight is 279 g/mol. The lowest BCUT2D eigenvalue weighted by Gasteiger charge is -2.37. The van der Waals surface area contributed by atoms with Crippen molar-refractivity contribution in [3.8, 4) is 0 Å². The van der Waals surface area contributed by atoms with E-state index in [4.69, 9.17) is 0 Å². The van der Waals surface area contributed by atoms with Crippen LogP contribution in [-0.4, -0.2) is 15.7 Å². The first-order chi connectivity index (χ1) is 5.81. The topological polar surface area (TPSA) is 3.24 Å². The van der Waals surface area contributed by atoms with E-state index < -0.39 is 0 Å². The normalized spacial score (nSPS) is 43.0. The number of halogens is 1. The van der Waals surface area contributed by atoms with Crippen molar-refractivity contribution in [3.05, 3.63) is 0 Å². The minimum Gasteiger partial charge on any atom is -0.244 e. The van der Waals surface area contributed by atoms with Gasteiger partial charge in [0.15, 0.2) is 0 Å². The molecule has 12 heavy (non-hydrogen) atoms. The lowest BCUT2D eigenvalue weighted by molar-refractivity contribution is 0.173. The Bertz CT molecular complexity index is 160. The summed E-state index contributed by atoms with van der Waals surface area (Å²) in [6.07, 6.45) is 7.33. The molecule has 0 aromatic carbocycles. The second-order valence-corrected chi connectivity index (χ2v) is 5.57. The lowest BCUT2D eigenvalue weighted by Crippen LogP contribution is -2.39. The smallest absolute Gasteiger partial charge is 0.0204 e. The Labute approximate surface area is 89.4 Å². The van der Waals surface area contributed by atoms with Crippen LogP contribution in [0.15, 0.2) is 0 Å². The molecule has 1 aliphatic heterocycles. The van der Waals surface area contributed by atoms with Gasteiger partial charge in [-0.3, -0.25) is 0 Å². The zero-order valence-corrected chi connectivity index (χ0v) is 9.96. The van der Waals surface area contributed by atoms with Gasteiger partial charge in [-0.05, 0) is 31.1 Å². The van der Waals surface area contributed by atoms with E-state index in [1.165, 1.54) is 38.6 Å². The van der Waals surface area contributed by atoms with Crippen molar-refractivity contribution in [2.45, 2.75) is 45.1 Å². The van der Waals surface area contributed by atoms with E-state index in [0.29, 0.717) is 0 Å². The van der Waals surface area contributed by atoms with Crippen LogP contribution in [0.1, 0.15) is 39.0 Å². The van der Waals surface area contributed by atoms with Crippen molar-refractivity contribution >= 4 is 22.9 Å². The zero-order valence-electron chi connectivity index (χ0n) is 7.80. The molecule has 1 saturated heterocycles. The maximum Gasteiger partial charge on any atom is 0.0204 e. The second-order valence-electron chi connectivity index (χ2n) is 4.33. The molecule has 2 fully saturated rings. The van der Waals surface area contributed by atoms with Crippen LogP contribution in [0.5, 0.6) is 0 Å². The summed E-state index contributed by atoms with van der Waals surface area (Å²) >= 11 is 2.53. The number of hydrogen-bond acceptors (Lipinski definition) is 1. The molecule has 70 valence electrons. The van der Waals surface area contributed by atoms with Gasteiger partial charge < -0.3 is 0 Å². The molecule has 0 N–H and O–H groups in total. The monoisotopic (exact) mass is 279 g/mol. The van der Waals surface area contributed by atoms with Gasteiger partial charge in [-0.25, -0.2) is 3.11 Å². The summed E-state index contributed by atoms with van der Waals surface area (Å²) in [7, 11) is 0. The largest absolute Gasteiger partial charge is 0.244 e. The third-order valence-corrected chi connectivity index (χ3v) is 4.85. The van der Waals surface area contributed by atoms with Crippen molar-refractivity contribution in [2.24, 2.45) is 11.8 Å². The highest BCUT2D eigenvalue weighted by molar-refractivity contribution is 14.1. The maximum absolute atomic E-state index is 2.56. The Balaban J connectivity index is 1.98. The van der Waals surface area contributed by atoms with Gasteiger partial charge in [0.1, 0.15) is 0 Å². The predicted octanol–water partition coefficient (Wildman–Crippen LogP) is 3.24. The van der Waals surface area contributed by atoms with Crippen LogP contribution >= 0.6 is 22.9 Å². The Hall–Kier alpha value is 0.690. The van der Waals surface area contributed by atoms with Crippen molar-refractivity contribution < 1.29 is 0 Å². The number of rotatable bonds is 1. The molecule has 0 radical (unpaired) electrons. The van der Waals surface area contributed by atoms with Crippen LogP contribution in [0, 0.1) is 11.8 Å². The third-order valence-electron chi connectivity index (χ3n) is 3.67. The SMILES string of the molecule is CCC1C[C@@H]2CCC[C@@H]2CN1I. The molecule has 0 aromatic heterocycles. The summed E-state index contributed by atoms with van der Waals surface area (Å²) in [5.41, 5.74) is 0. The number of hydrogen-bond donors (Lipinski definition) is 0. The van der Waals surface area contributed by atoms with Gasteiger partial charge in [-0.15, -0.1) is 0 Å². The first kappa shape index (κ1) is 9.25. The zero-order chi connectivity index (χ0) is 8.55. The molecule has 2 aliphatic rings. The molecule has 1 heterocycles. The Morgan fingerprint density at radius 1 is 1.33 bits per heavy atom. The minimum absolute atomic E-state index is 0.880. The van der Waals surface area contributed by atoms with Gasteiger partial charge in [0.2, 0.25) is 0 Å². The van der Waals surface area contributed by atoms with Gasteiger partial charge in [-0.2, -0.15) is 0 Å². The molecule has 2 heteroatoms. The van der Waals surface area contributed by atoms with Gasteiger partial charge in [0.25, 0.3) is 0 Å². The van der Waals surface area contributed by atoms with Crippen molar-refractivity contribution in [1.29, 1.82) is 0 Å². The lowest BCUT2D eigenvalue weighted by atomic mass is 9.85. The quantitative estimate of drug-likeness (QED) is 0.526. The molecule has 1 aliphatic carbocycles. The van der Waals surface area contributed by atoms with Gasteiger partial charge >= 0.3 is 0 Å². The number of nitrogens with zero attached hydrogens (tertiary/aromatic N) is 1. The molecule has 1 saturated carbocycles. The summed E-state index contributed by atoms with van der Waals surface area (Å²) in [5, 5.41) is 0. The van der Waals surface area contributed by atoms with Crippen molar-refractivity contribution in [1.82, 2.24) is 3.11 Å². The molecule has 1 nitrogen and oxygen atoms in total. The highest BCUT2D eigenvalue weighted by Crippen LogP contribution is 2.41. The van der Waals surface area contributed by atoms with Crippen LogP contribution in [0.25, 0.3) is 0 Å². The highest BCUT2D eigenvalue weighted by Gasteiger charge is 2.36. The summed E-state index contributed by atoms with van der Waals surface area (Å²) in [6.45, 7) is 3.69. The maximum atomic E-state index is 2.56. The molecular formula is C10H18IN. The van der Waals surface area contributed by atoms with Crippen LogP contribution in [0.3, 0.4) is 0 Å². The van der Waals surface area contributed by atoms with Crippen LogP contribution in [-0.2, 0) is 0 Å². The van der Waals surface area contributed by atoms with E-state index in [1.54, 1.807) is 0 Å². The van der Waals surface area contributed by atoms with E-state index in [9.17, 15) is 0 Å². The average Bonchev–Trinajstić information content (AvgIpc) is 2.49. The van der Waals surface area contributed by atoms with E-state index in [1.807, 2.05) is 0 Å². The summed E-state index contributed by atoms with van der Waals surface area (Å²) in [5.74, 6) is 2.13. The Morgan fingerprint density at radius 2 is 2.08 bits per heavy atom. The fourth-order valence-electron chi connectivity index (χ4n) is 2.87. The molecule has 0 aromatic rings. The van der Waals surface area contributed by atoms with E-state index in [0.717, 1.165) is 17.9 Å². The summed E-state index contributed by atoms with van der Waals surface area (Å²) in [4.78, 5) is 0. The van der Waals surface area contributed by atoms with Crippen molar-refractivity contribution in [3.63, 3.8) is 0 Å². The Morgan fingerprint density at radius 3 is 2.83 bits per heavy atom. The Kier molecular flexibility index (Phi) is 2.95. The summed E-state index contributed by atoms with van der Waals surface area (Å²) < 4.78 is 2.56. The first-order valence-electron chi connectivity index (χ1n) is 5.23. The molecule has 2 rings (SSSR count). The second kappa shape index (κ2) is 3.82. The third kappa shape index (κ3) is 1.65. The number of piperidine rings is 1. The van der Waals surface area contributed by atoms with Gasteiger partial charge in [0.05, 0.1) is 0 Å². The highest BCUT2D eigenvalue weighted by atomic mass is 127. The van der Waals surface area contributed by atoms with Crippen LogP contribution in [0.4, 0.5) is 0 Å². The van der Waals surface area contributed by atoms with Crippen molar-refractivity contribution in [2.75, 3.05) is 6.54 Å². The van der Waals surface area contributed by atoms with Gasteiger partial charge in [0, 0.05) is 35.5 Å². The first-order valence-corrected chi connectivity index (χ1v) is 6.20. The van der Waals surface area contributed by atoms with E-state index >= 15 is 0 Å². The molecule has 3 atom stereocenters. The molecular weight excluding hydrogens is 261 g/mol. The fourth-order valence-corrected chi connectivity index (χ4v) is 3.99. The van der Waals surface area contributed by atoms with Crippen LogP contribution in [0.2, 0.25) is 0 Å². The standard InChI is InChI=1S/C10H18IN/c1-2-10-6-8-4-3-5-9(8)7-12(10)11/h8-10H,2-7H2,1H3/t8-,9+,10?/m0/s1. The number of fused-ring (bicyclic) bond motifs is 1. The minimum atomic E-state index is 0.880. The van der Waals surface area contributed by atoms with E-state index in [-0.39, 0.29) is 0 Å². The van der Waals surface area contributed by atoms with E-state index in [2.05, 4.69) is 32.9 Å². The van der Waals surface area contributed by atoms with Crippen LogP contribution < -0.4 is 0 Å². The molecule has 0 spiro atoms. The molecule has 0 bridgehead atoms.